The standard InChI is InChI=1S/C10H19ClN4/c1-2-15-7-6-13-10(15)8-9(14-12)4-3-5-11/h6-7,9,14H,2-5,8,12H2,1H3. The number of nitrogens with one attached hydrogen (secondary N) is 1. The maximum absolute atomic E-state index is 5.65. The smallest absolute Gasteiger partial charge is 0.110 e. The van der Waals surface area contributed by atoms with Gasteiger partial charge in [0.15, 0.2) is 0 Å². The largest absolute Gasteiger partial charge is 0.335 e. The monoisotopic (exact) mass is 230 g/mol. The maximum atomic E-state index is 5.65. The highest BCUT2D eigenvalue weighted by atomic mass is 35.5. The molecule has 0 bridgehead atoms. The van der Waals surface area contributed by atoms with E-state index >= 15 is 0 Å². The molecular weight excluding hydrogens is 212 g/mol. The van der Waals surface area contributed by atoms with E-state index < -0.39 is 0 Å². The molecule has 0 aliphatic carbocycles. The Bertz CT molecular complexity index is 274. The van der Waals surface area contributed by atoms with Gasteiger partial charge >= 0.3 is 0 Å². The van der Waals surface area contributed by atoms with Gasteiger partial charge in [-0.2, -0.15) is 0 Å². The number of aromatic nitrogens is 2. The van der Waals surface area contributed by atoms with E-state index in [9.17, 15) is 0 Å². The highest BCUT2D eigenvalue weighted by molar-refractivity contribution is 6.17. The lowest BCUT2D eigenvalue weighted by Gasteiger charge is -2.15. The third-order valence-electron chi connectivity index (χ3n) is 2.49. The molecule has 1 heterocycles. The molecule has 4 nitrogen and oxygen atoms in total. The van der Waals surface area contributed by atoms with Gasteiger partial charge in [-0.25, -0.2) is 4.98 Å². The molecule has 1 atom stereocenters. The van der Waals surface area contributed by atoms with Crippen LogP contribution in [0.3, 0.4) is 0 Å². The predicted molar refractivity (Wildman–Crippen MR) is 62.7 cm³/mol. The molecule has 1 rings (SSSR count). The van der Waals surface area contributed by atoms with Gasteiger partial charge in [-0.1, -0.05) is 0 Å². The molecule has 0 fully saturated rings. The van der Waals surface area contributed by atoms with Crippen molar-refractivity contribution in [3.8, 4) is 0 Å². The van der Waals surface area contributed by atoms with Crippen LogP contribution in [-0.4, -0.2) is 21.5 Å². The first kappa shape index (κ1) is 12.5. The maximum Gasteiger partial charge on any atom is 0.110 e. The van der Waals surface area contributed by atoms with E-state index in [1.54, 1.807) is 0 Å². The molecular formula is C10H19ClN4. The second-order valence-electron chi connectivity index (χ2n) is 3.53. The minimum absolute atomic E-state index is 0.261. The lowest BCUT2D eigenvalue weighted by atomic mass is 10.1. The zero-order valence-electron chi connectivity index (χ0n) is 9.12. The van der Waals surface area contributed by atoms with Gasteiger partial charge in [0.25, 0.3) is 0 Å². The third kappa shape index (κ3) is 3.81. The van der Waals surface area contributed by atoms with E-state index in [1.165, 1.54) is 0 Å². The van der Waals surface area contributed by atoms with E-state index in [2.05, 4.69) is 21.9 Å². The average Bonchev–Trinajstić information content (AvgIpc) is 2.71. The van der Waals surface area contributed by atoms with Crippen LogP contribution in [0.5, 0.6) is 0 Å². The highest BCUT2D eigenvalue weighted by Gasteiger charge is 2.10. The van der Waals surface area contributed by atoms with Gasteiger partial charge in [0.2, 0.25) is 0 Å². The number of nitrogens with zero attached hydrogens (tertiary/aromatic N) is 2. The summed E-state index contributed by atoms with van der Waals surface area (Å²) in [5.41, 5.74) is 2.81. The number of alkyl halides is 1. The zero-order chi connectivity index (χ0) is 11.1. The lowest BCUT2D eigenvalue weighted by molar-refractivity contribution is 0.469. The van der Waals surface area contributed by atoms with Crippen molar-refractivity contribution in [2.75, 3.05) is 5.88 Å². The van der Waals surface area contributed by atoms with E-state index in [0.29, 0.717) is 5.88 Å². The Kier molecular flexibility index (Phi) is 5.68. The topological polar surface area (TPSA) is 55.9 Å². The van der Waals surface area contributed by atoms with Crippen molar-refractivity contribution < 1.29 is 0 Å². The molecule has 15 heavy (non-hydrogen) atoms. The van der Waals surface area contributed by atoms with Crippen molar-refractivity contribution in [2.45, 2.75) is 38.8 Å². The molecule has 3 N–H and O–H groups in total. The Morgan fingerprint density at radius 1 is 1.67 bits per heavy atom. The van der Waals surface area contributed by atoms with Crippen LogP contribution in [-0.2, 0) is 13.0 Å². The molecule has 0 aliphatic rings. The summed E-state index contributed by atoms with van der Waals surface area (Å²) in [5, 5.41) is 0. The summed E-state index contributed by atoms with van der Waals surface area (Å²) >= 11 is 5.65. The Morgan fingerprint density at radius 3 is 3.07 bits per heavy atom. The molecule has 0 aromatic carbocycles. The number of aryl methyl sites for hydroxylation is 1. The van der Waals surface area contributed by atoms with E-state index in [1.807, 2.05) is 12.4 Å². The molecule has 0 saturated carbocycles. The van der Waals surface area contributed by atoms with Crippen LogP contribution in [0.2, 0.25) is 0 Å². The molecule has 0 radical (unpaired) electrons. The van der Waals surface area contributed by atoms with E-state index in [4.69, 9.17) is 17.4 Å². The van der Waals surface area contributed by atoms with Crippen LogP contribution in [0.15, 0.2) is 12.4 Å². The molecule has 5 heteroatoms. The van der Waals surface area contributed by atoms with Crippen molar-refractivity contribution in [1.82, 2.24) is 15.0 Å². The Hall–Kier alpha value is -0.580. The van der Waals surface area contributed by atoms with Crippen LogP contribution in [0.25, 0.3) is 0 Å². The minimum Gasteiger partial charge on any atom is -0.335 e. The number of imidazole rings is 1. The van der Waals surface area contributed by atoms with Crippen molar-refractivity contribution in [2.24, 2.45) is 5.84 Å². The third-order valence-corrected chi connectivity index (χ3v) is 2.76. The van der Waals surface area contributed by atoms with E-state index in [-0.39, 0.29) is 6.04 Å². The van der Waals surface area contributed by atoms with Crippen molar-refractivity contribution in [1.29, 1.82) is 0 Å². The second-order valence-corrected chi connectivity index (χ2v) is 3.91. The van der Waals surface area contributed by atoms with Crippen molar-refractivity contribution in [3.63, 3.8) is 0 Å². The molecule has 1 aromatic heterocycles. The molecule has 0 aliphatic heterocycles. The van der Waals surface area contributed by atoms with Crippen LogP contribution >= 0.6 is 11.6 Å². The summed E-state index contributed by atoms with van der Waals surface area (Å²) in [7, 11) is 0. The first-order valence-corrected chi connectivity index (χ1v) is 5.87. The number of hydrogen-bond donors (Lipinski definition) is 2. The molecule has 1 unspecified atom stereocenters. The quantitative estimate of drug-likeness (QED) is 0.422. The first-order valence-electron chi connectivity index (χ1n) is 5.33. The molecule has 0 spiro atoms. The summed E-state index contributed by atoms with van der Waals surface area (Å²) in [6.07, 6.45) is 6.63. The van der Waals surface area contributed by atoms with Crippen LogP contribution in [0.1, 0.15) is 25.6 Å². The minimum atomic E-state index is 0.261. The predicted octanol–water partition coefficient (Wildman–Crippen LogP) is 1.30. The Balaban J connectivity index is 2.50. The second kappa shape index (κ2) is 6.82. The van der Waals surface area contributed by atoms with Gasteiger partial charge in [-0.3, -0.25) is 11.3 Å². The fourth-order valence-corrected chi connectivity index (χ4v) is 1.76. The molecule has 86 valence electrons. The summed E-state index contributed by atoms with van der Waals surface area (Å²) < 4.78 is 2.13. The van der Waals surface area contributed by atoms with Gasteiger partial charge < -0.3 is 4.57 Å². The van der Waals surface area contributed by atoms with Gasteiger partial charge in [0.05, 0.1) is 0 Å². The number of hydrogen-bond acceptors (Lipinski definition) is 3. The normalized spacial score (nSPS) is 13.0. The summed E-state index contributed by atoms with van der Waals surface area (Å²) in [5.74, 6) is 7.25. The SMILES string of the molecule is CCn1ccnc1CC(CCCCl)NN. The van der Waals surface area contributed by atoms with Gasteiger partial charge in [-0.15, -0.1) is 11.6 Å². The number of nitrogens with two attached hydrogens (primary N) is 1. The fraction of sp³-hybridized carbons (Fsp3) is 0.700. The van der Waals surface area contributed by atoms with Gasteiger partial charge in [0.1, 0.15) is 5.82 Å². The number of hydrazine groups is 1. The Morgan fingerprint density at radius 2 is 2.47 bits per heavy atom. The zero-order valence-corrected chi connectivity index (χ0v) is 9.87. The lowest BCUT2D eigenvalue weighted by Crippen LogP contribution is -2.37. The van der Waals surface area contributed by atoms with Crippen LogP contribution in [0.4, 0.5) is 0 Å². The van der Waals surface area contributed by atoms with E-state index in [0.717, 1.165) is 31.6 Å². The van der Waals surface area contributed by atoms with Gasteiger partial charge in [0, 0.05) is 37.3 Å². The Labute approximate surface area is 95.8 Å². The molecule has 1 aromatic rings. The van der Waals surface area contributed by atoms with Gasteiger partial charge in [-0.05, 0) is 19.8 Å². The van der Waals surface area contributed by atoms with Crippen molar-refractivity contribution in [3.05, 3.63) is 18.2 Å². The number of halogens is 1. The molecule has 0 amide bonds. The fourth-order valence-electron chi connectivity index (χ4n) is 1.61. The summed E-state index contributed by atoms with van der Waals surface area (Å²) in [6.45, 7) is 3.05. The van der Waals surface area contributed by atoms with Crippen molar-refractivity contribution >= 4 is 11.6 Å². The number of rotatable bonds is 7. The summed E-state index contributed by atoms with van der Waals surface area (Å²) in [6, 6.07) is 0.261. The van der Waals surface area contributed by atoms with Crippen LogP contribution < -0.4 is 11.3 Å². The first-order chi connectivity index (χ1) is 7.31. The summed E-state index contributed by atoms with van der Waals surface area (Å²) in [4.78, 5) is 4.32. The van der Waals surface area contributed by atoms with Crippen LogP contribution in [0, 0.1) is 0 Å². The highest BCUT2D eigenvalue weighted by Crippen LogP contribution is 2.06. The molecule has 0 saturated heterocycles. The average molecular weight is 231 g/mol.